The minimum Gasteiger partial charge on any atom is -0.345 e. The molecule has 2 aromatic heterocycles. The van der Waals surface area contributed by atoms with E-state index in [0.717, 1.165) is 23.0 Å². The number of fused-ring (bicyclic) bond motifs is 1. The van der Waals surface area contributed by atoms with Crippen LogP contribution in [-0.4, -0.2) is 20.7 Å². The van der Waals surface area contributed by atoms with Crippen molar-refractivity contribution >= 4 is 16.9 Å². The van der Waals surface area contributed by atoms with Crippen molar-refractivity contribution in [3.8, 4) is 0 Å². The van der Waals surface area contributed by atoms with Gasteiger partial charge in [0.25, 0.3) is 5.91 Å². The van der Waals surface area contributed by atoms with Crippen molar-refractivity contribution in [2.75, 3.05) is 0 Å². The molecule has 1 N–H and O–H groups in total. The Labute approximate surface area is 148 Å². The number of nitrogens with one attached hydrogen (secondary N) is 1. The van der Waals surface area contributed by atoms with Gasteiger partial charge in [0.1, 0.15) is 0 Å². The van der Waals surface area contributed by atoms with Gasteiger partial charge in [0.05, 0.1) is 17.8 Å². The van der Waals surface area contributed by atoms with E-state index < -0.39 is 0 Å². The highest BCUT2D eigenvalue weighted by Crippen LogP contribution is 2.20. The normalized spacial score (nSPS) is 12.5. The Morgan fingerprint density at radius 1 is 1.20 bits per heavy atom. The molecule has 1 amide bonds. The van der Waals surface area contributed by atoms with Crippen molar-refractivity contribution in [3.63, 3.8) is 0 Å². The molecular weight excluding hydrogens is 312 g/mol. The first-order valence-electron chi connectivity index (χ1n) is 8.70. The molecule has 0 bridgehead atoms. The Bertz CT molecular complexity index is 880. The molecule has 0 fully saturated rings. The standard InChI is InChI=1S/C20H24N4O/c1-5-18(15-8-6-14(4)7-9-15)23-20(25)17-10-16-12-22-24(13(2)3)19(16)21-11-17/h6-13,18H,5H2,1-4H3,(H,23,25). The van der Waals surface area contributed by atoms with Crippen LogP contribution < -0.4 is 5.32 Å². The first kappa shape index (κ1) is 17.1. The van der Waals surface area contributed by atoms with Gasteiger partial charge in [0.2, 0.25) is 0 Å². The Kier molecular flexibility index (Phi) is 4.83. The molecule has 0 aliphatic heterocycles. The molecule has 1 aromatic carbocycles. The number of amides is 1. The molecule has 25 heavy (non-hydrogen) atoms. The van der Waals surface area contributed by atoms with Crippen LogP contribution in [0, 0.1) is 6.92 Å². The van der Waals surface area contributed by atoms with Crippen molar-refractivity contribution in [2.24, 2.45) is 0 Å². The molecule has 0 aliphatic rings. The summed E-state index contributed by atoms with van der Waals surface area (Å²) < 4.78 is 1.86. The van der Waals surface area contributed by atoms with E-state index in [1.165, 1.54) is 5.56 Å². The average molecular weight is 336 g/mol. The molecule has 0 aliphatic carbocycles. The molecule has 0 spiro atoms. The molecule has 3 aromatic rings. The molecule has 5 heteroatoms. The van der Waals surface area contributed by atoms with Crippen LogP contribution in [0.2, 0.25) is 0 Å². The van der Waals surface area contributed by atoms with E-state index in [1.807, 2.05) is 10.7 Å². The van der Waals surface area contributed by atoms with Crippen molar-refractivity contribution < 1.29 is 4.79 Å². The first-order chi connectivity index (χ1) is 12.0. The quantitative estimate of drug-likeness (QED) is 0.759. The van der Waals surface area contributed by atoms with Crippen molar-refractivity contribution in [1.82, 2.24) is 20.1 Å². The lowest BCUT2D eigenvalue weighted by Crippen LogP contribution is -2.28. The summed E-state index contributed by atoms with van der Waals surface area (Å²) in [6.45, 7) is 8.24. The predicted molar refractivity (Wildman–Crippen MR) is 99.6 cm³/mol. The van der Waals surface area contributed by atoms with Crippen LogP contribution in [0.25, 0.3) is 11.0 Å². The van der Waals surface area contributed by atoms with E-state index in [0.29, 0.717) is 5.56 Å². The minimum absolute atomic E-state index is 0.0119. The van der Waals surface area contributed by atoms with Gasteiger partial charge in [-0.05, 0) is 38.8 Å². The summed E-state index contributed by atoms with van der Waals surface area (Å²) in [5.74, 6) is -0.112. The van der Waals surface area contributed by atoms with Crippen molar-refractivity contribution in [1.29, 1.82) is 0 Å². The Morgan fingerprint density at radius 3 is 2.56 bits per heavy atom. The van der Waals surface area contributed by atoms with E-state index in [2.05, 4.69) is 67.4 Å². The maximum Gasteiger partial charge on any atom is 0.253 e. The molecule has 0 saturated heterocycles. The molecule has 1 atom stereocenters. The third kappa shape index (κ3) is 3.55. The number of carbonyl (C=O) groups is 1. The zero-order chi connectivity index (χ0) is 18.0. The second-order valence-corrected chi connectivity index (χ2v) is 6.66. The molecule has 1 unspecified atom stereocenters. The Balaban J connectivity index is 1.82. The van der Waals surface area contributed by atoms with E-state index in [-0.39, 0.29) is 18.0 Å². The van der Waals surface area contributed by atoms with E-state index in [1.54, 1.807) is 12.4 Å². The number of carbonyl (C=O) groups excluding carboxylic acids is 1. The number of benzene rings is 1. The van der Waals surface area contributed by atoms with Gasteiger partial charge in [-0.25, -0.2) is 9.67 Å². The highest BCUT2D eigenvalue weighted by Gasteiger charge is 2.16. The number of hydrogen-bond donors (Lipinski definition) is 1. The number of aromatic nitrogens is 3. The van der Waals surface area contributed by atoms with Gasteiger partial charge >= 0.3 is 0 Å². The third-order valence-electron chi connectivity index (χ3n) is 4.38. The first-order valence-corrected chi connectivity index (χ1v) is 8.70. The van der Waals surface area contributed by atoms with Gasteiger partial charge in [-0.3, -0.25) is 4.79 Å². The van der Waals surface area contributed by atoms with Gasteiger partial charge in [0, 0.05) is 17.6 Å². The summed E-state index contributed by atoms with van der Waals surface area (Å²) in [4.78, 5) is 17.1. The number of nitrogens with zero attached hydrogens (tertiary/aromatic N) is 3. The molecule has 5 nitrogen and oxygen atoms in total. The number of pyridine rings is 1. The molecule has 130 valence electrons. The molecule has 0 radical (unpaired) electrons. The van der Waals surface area contributed by atoms with Gasteiger partial charge in [-0.2, -0.15) is 5.10 Å². The van der Waals surface area contributed by atoms with Gasteiger partial charge in [-0.15, -0.1) is 0 Å². The fraction of sp³-hybridized carbons (Fsp3) is 0.350. The van der Waals surface area contributed by atoms with Crippen LogP contribution in [0.3, 0.4) is 0 Å². The van der Waals surface area contributed by atoms with Gasteiger partial charge in [0.15, 0.2) is 5.65 Å². The maximum atomic E-state index is 12.7. The van der Waals surface area contributed by atoms with Crippen LogP contribution >= 0.6 is 0 Å². The lowest BCUT2D eigenvalue weighted by Gasteiger charge is -2.17. The second-order valence-electron chi connectivity index (χ2n) is 6.66. The average Bonchev–Trinajstić information content (AvgIpc) is 3.03. The minimum atomic E-state index is -0.112. The largest absolute Gasteiger partial charge is 0.345 e. The zero-order valence-corrected chi connectivity index (χ0v) is 15.2. The summed E-state index contributed by atoms with van der Waals surface area (Å²) in [6, 6.07) is 10.3. The molecule has 0 saturated carbocycles. The zero-order valence-electron chi connectivity index (χ0n) is 15.2. The van der Waals surface area contributed by atoms with Crippen LogP contribution in [-0.2, 0) is 0 Å². The summed E-state index contributed by atoms with van der Waals surface area (Å²) in [7, 11) is 0. The molecular formula is C20H24N4O. The Hall–Kier alpha value is -2.69. The predicted octanol–water partition coefficient (Wildman–Crippen LogP) is 4.20. The van der Waals surface area contributed by atoms with Crippen LogP contribution in [0.5, 0.6) is 0 Å². The number of rotatable bonds is 5. The van der Waals surface area contributed by atoms with E-state index in [9.17, 15) is 4.79 Å². The van der Waals surface area contributed by atoms with Crippen LogP contribution in [0.1, 0.15) is 60.8 Å². The topological polar surface area (TPSA) is 59.8 Å². The summed E-state index contributed by atoms with van der Waals surface area (Å²) >= 11 is 0. The molecule has 3 rings (SSSR count). The summed E-state index contributed by atoms with van der Waals surface area (Å²) in [6.07, 6.45) is 4.21. The number of aryl methyl sites for hydroxylation is 1. The highest BCUT2D eigenvalue weighted by atomic mass is 16.1. The van der Waals surface area contributed by atoms with Gasteiger partial charge < -0.3 is 5.32 Å². The maximum absolute atomic E-state index is 12.7. The van der Waals surface area contributed by atoms with Crippen molar-refractivity contribution in [3.05, 3.63) is 59.4 Å². The molecule has 2 heterocycles. The Morgan fingerprint density at radius 2 is 1.92 bits per heavy atom. The lowest BCUT2D eigenvalue weighted by molar-refractivity contribution is 0.0935. The smallest absolute Gasteiger partial charge is 0.253 e. The monoisotopic (exact) mass is 336 g/mol. The van der Waals surface area contributed by atoms with E-state index >= 15 is 0 Å². The lowest BCUT2D eigenvalue weighted by atomic mass is 10.0. The third-order valence-corrected chi connectivity index (χ3v) is 4.38. The van der Waals surface area contributed by atoms with Crippen LogP contribution in [0.15, 0.2) is 42.7 Å². The second kappa shape index (κ2) is 7.05. The van der Waals surface area contributed by atoms with Gasteiger partial charge in [-0.1, -0.05) is 36.8 Å². The SMILES string of the molecule is CCC(NC(=O)c1cnc2c(cnn2C(C)C)c1)c1ccc(C)cc1. The van der Waals surface area contributed by atoms with Crippen molar-refractivity contribution in [2.45, 2.75) is 46.2 Å². The fourth-order valence-corrected chi connectivity index (χ4v) is 2.90. The number of hydrogen-bond acceptors (Lipinski definition) is 3. The van der Waals surface area contributed by atoms with Crippen LogP contribution in [0.4, 0.5) is 0 Å². The van der Waals surface area contributed by atoms with E-state index in [4.69, 9.17) is 0 Å². The fourth-order valence-electron chi connectivity index (χ4n) is 2.90. The highest BCUT2D eigenvalue weighted by molar-refractivity contribution is 5.97. The summed E-state index contributed by atoms with van der Waals surface area (Å²) in [5, 5.41) is 8.34. The summed E-state index contributed by atoms with van der Waals surface area (Å²) in [5.41, 5.74) is 3.68.